The number of alkyl carbamates (subject to hydrolysis) is 1. The van der Waals surface area contributed by atoms with E-state index in [-0.39, 0.29) is 41.1 Å². The molecule has 0 aliphatic carbocycles. The third-order valence-corrected chi connectivity index (χ3v) is 16.0. The summed E-state index contributed by atoms with van der Waals surface area (Å²) in [5.74, 6) is 2.83. The van der Waals surface area contributed by atoms with Gasteiger partial charge in [-0.2, -0.15) is 0 Å². The normalized spacial score (nSPS) is 22.9. The van der Waals surface area contributed by atoms with Gasteiger partial charge >= 0.3 is 30.6 Å². The largest absolute Gasteiger partial charge is 0.519 e. The summed E-state index contributed by atoms with van der Waals surface area (Å²) in [6, 6.07) is 22.2. The molecule has 20 heteroatoms. The third kappa shape index (κ3) is 40.7. The summed E-state index contributed by atoms with van der Waals surface area (Å²) in [7, 11) is 0. The third-order valence-electron chi connectivity index (χ3n) is 16.0. The van der Waals surface area contributed by atoms with Gasteiger partial charge in [-0.25, -0.2) is 28.9 Å². The smallest absolute Gasteiger partial charge is 0.444 e. The van der Waals surface area contributed by atoms with Gasteiger partial charge in [-0.3, -0.25) is 9.59 Å². The summed E-state index contributed by atoms with van der Waals surface area (Å²) >= 11 is 9.53. The van der Waals surface area contributed by atoms with Crippen molar-refractivity contribution in [3.8, 4) is 0 Å². The highest BCUT2D eigenvalue weighted by Crippen LogP contribution is 2.30. The molecule has 4 aliphatic heterocycles. The average Bonchev–Trinajstić information content (AvgIpc) is 0.865. The second-order valence-corrected chi connectivity index (χ2v) is 31.1. The molecule has 0 spiro atoms. The van der Waals surface area contributed by atoms with Crippen LogP contribution >= 0.6 is 23.2 Å². The van der Waals surface area contributed by atoms with Crippen molar-refractivity contribution in [1.29, 1.82) is 0 Å². The van der Waals surface area contributed by atoms with E-state index in [1.807, 2.05) is 97.5 Å². The quantitative estimate of drug-likeness (QED) is 0.0772. The Kier molecular flexibility index (Phi) is 40.0. The number of carbonyl (C=O) groups is 7. The van der Waals surface area contributed by atoms with Gasteiger partial charge in [0.05, 0.1) is 5.34 Å². The maximum Gasteiger partial charge on any atom is 0.519 e. The molecule has 4 heterocycles. The summed E-state index contributed by atoms with van der Waals surface area (Å²) in [5, 5.41) is 10.1. The zero-order valence-electron chi connectivity index (χ0n) is 61.8. The molecule has 11 atom stereocenters. The Bertz CT molecular complexity index is 2450. The number of nitrogens with one attached hydrogen (secondary N) is 3. The van der Waals surface area contributed by atoms with E-state index in [1.54, 1.807) is 62.3 Å². The van der Waals surface area contributed by atoms with Crippen LogP contribution < -0.4 is 16.0 Å². The number of hydrogen-bond donors (Lipinski definition) is 3. The number of halogens is 2. The van der Waals surface area contributed by atoms with Crippen LogP contribution in [0.5, 0.6) is 0 Å². The number of ether oxygens (including phenoxy) is 6. The summed E-state index contributed by atoms with van der Waals surface area (Å²) in [6.45, 7) is 50.1. The molecule has 0 saturated carbocycles. The van der Waals surface area contributed by atoms with Gasteiger partial charge in [-0.05, 0) is 232 Å². The van der Waals surface area contributed by atoms with E-state index in [0.29, 0.717) is 42.8 Å². The number of likely N-dealkylation sites (tertiary alicyclic amines) is 2. The van der Waals surface area contributed by atoms with Crippen molar-refractivity contribution in [1.82, 2.24) is 25.8 Å². The maximum atomic E-state index is 12.1. The fraction of sp³-hybridized carbons (Fsp3) is 0.740. The molecule has 0 aromatic heterocycles. The average molecular weight is 1350 g/mol. The highest BCUT2D eigenvalue weighted by atomic mass is 35.5. The van der Waals surface area contributed by atoms with Crippen molar-refractivity contribution in [3.05, 3.63) is 71.8 Å². The minimum absolute atomic E-state index is 0.0431. The lowest BCUT2D eigenvalue weighted by Gasteiger charge is -2.38. The van der Waals surface area contributed by atoms with E-state index in [2.05, 4.69) is 99.5 Å². The van der Waals surface area contributed by atoms with Crippen LogP contribution in [-0.2, 0) is 33.2 Å². The lowest BCUT2D eigenvalue weighted by molar-refractivity contribution is -0.136. The first-order chi connectivity index (χ1) is 42.7. The molecule has 534 valence electrons. The molecule has 6 rings (SSSR count). The van der Waals surface area contributed by atoms with Crippen molar-refractivity contribution in [2.75, 3.05) is 18.4 Å². The number of nitrogens with zero attached hydrogens (tertiary/aromatic N) is 2. The summed E-state index contributed by atoms with van der Waals surface area (Å²) in [5.41, 5.74) is -0.669. The van der Waals surface area contributed by atoms with Crippen LogP contribution in [0.4, 0.5) is 24.0 Å². The van der Waals surface area contributed by atoms with Crippen LogP contribution in [0.1, 0.15) is 259 Å². The van der Waals surface area contributed by atoms with E-state index >= 15 is 0 Å². The minimum Gasteiger partial charge on any atom is -0.444 e. The predicted molar refractivity (Wildman–Crippen MR) is 376 cm³/mol. The van der Waals surface area contributed by atoms with Crippen LogP contribution in [0, 0.1) is 29.6 Å². The monoisotopic (exact) mass is 1350 g/mol. The molecule has 4 fully saturated rings. The zero-order valence-corrected chi connectivity index (χ0v) is 63.3. The van der Waals surface area contributed by atoms with Gasteiger partial charge in [-0.1, -0.05) is 95.3 Å². The Morgan fingerprint density at radius 3 is 1.46 bits per heavy atom. The number of rotatable bonds is 7. The molecule has 0 bridgehead atoms. The standard InChI is InChI=1S/C18H27NO3.C13H19N.C12H21NO3.C12H23NO2.C10H18O5.C7H15N.CH2Cl2/c1-13(14(2)19-17(21)22-18(3,4)5)11-12-16(20)15-9-7-6-8-10-15;1-10-8-9-13(14-11(10)2)12-6-4-3-5-7-12;1-8-6-7-10(14)13(9(8)2)11(15)16-12(3,4)5;1-9-7-6-8-13(10(9)2)11(14)15-12(3,4)5;1-9(2,3)14-7(11)13-8(12)15-10(4,5)6;1-6-4-3-5-8-7(6)2;2-1-3/h6-10,13-14H,11-12H2,1-5H3,(H,19,21);3-7,10-11,13-14H,8-9H2,1-2H3;8-9H,6-7H2,1-5H3;9-10H,6-8H2,1-5H3;1-6H3;6-8H,3-5H2,1-2H3;1H2. The van der Waals surface area contributed by atoms with Gasteiger partial charge in [0, 0.05) is 61.2 Å². The predicted octanol–water partition coefficient (Wildman–Crippen LogP) is 18.6. The lowest BCUT2D eigenvalue weighted by Crippen LogP contribution is -2.51. The molecular weight excluding hydrogens is 1230 g/mol. The van der Waals surface area contributed by atoms with E-state index in [9.17, 15) is 33.6 Å². The van der Waals surface area contributed by atoms with Crippen LogP contribution in [0.15, 0.2) is 60.7 Å². The van der Waals surface area contributed by atoms with Crippen LogP contribution in [0.2, 0.25) is 0 Å². The van der Waals surface area contributed by atoms with Gasteiger partial charge in [-0.15, -0.1) is 23.2 Å². The first kappa shape index (κ1) is 87.8. The van der Waals surface area contributed by atoms with Gasteiger partial charge in [0.2, 0.25) is 5.91 Å². The van der Waals surface area contributed by atoms with Crippen molar-refractivity contribution < 1.29 is 62.0 Å². The number of benzene rings is 2. The molecule has 4 aliphatic rings. The highest BCUT2D eigenvalue weighted by molar-refractivity contribution is 6.40. The summed E-state index contributed by atoms with van der Waals surface area (Å²) in [4.78, 5) is 84.4. The Morgan fingerprint density at radius 1 is 0.559 bits per heavy atom. The molecule has 93 heavy (non-hydrogen) atoms. The zero-order chi connectivity index (χ0) is 71.8. The van der Waals surface area contributed by atoms with Gasteiger partial charge < -0.3 is 49.3 Å². The van der Waals surface area contributed by atoms with Crippen molar-refractivity contribution in [2.24, 2.45) is 29.6 Å². The molecule has 0 radical (unpaired) electrons. The highest BCUT2D eigenvalue weighted by Gasteiger charge is 2.37. The Balaban J connectivity index is 0.00000110. The van der Waals surface area contributed by atoms with Crippen LogP contribution in [-0.4, -0.2) is 129 Å². The second kappa shape index (κ2) is 42.4. The van der Waals surface area contributed by atoms with Crippen LogP contribution in [0.25, 0.3) is 0 Å². The molecule has 4 saturated heterocycles. The number of piperidine rings is 4. The Hall–Kier alpha value is -5.17. The minimum atomic E-state index is -1.06. The van der Waals surface area contributed by atoms with Crippen molar-refractivity contribution in [2.45, 2.75) is 302 Å². The summed E-state index contributed by atoms with van der Waals surface area (Å²) < 4.78 is 29.7. The molecule has 3 N–H and O–H groups in total. The fourth-order valence-electron chi connectivity index (χ4n) is 9.71. The van der Waals surface area contributed by atoms with E-state index in [0.717, 1.165) is 49.2 Å². The number of hydrogen-bond acceptors (Lipinski definition) is 15. The molecule has 11 unspecified atom stereocenters. The summed E-state index contributed by atoms with van der Waals surface area (Å²) in [6.07, 6.45) is 6.96. The number of amides is 4. The van der Waals surface area contributed by atoms with Gasteiger partial charge in [0.25, 0.3) is 0 Å². The molecular formula is C73H125Cl2N5O13. The molecule has 4 amide bonds. The Labute approximate surface area is 571 Å². The van der Waals surface area contributed by atoms with E-state index in [4.69, 9.17) is 46.9 Å². The Morgan fingerprint density at radius 2 is 1.01 bits per heavy atom. The SMILES string of the molecule is CC(C)(C)OC(=O)OC(=O)OC(C)(C)C.CC(CCC(=O)c1ccccc1)C(C)NC(=O)OC(C)(C)C.CC1CCC(=O)N(C(=O)OC(C)(C)C)C1C.CC1CCC(c2ccccc2)NC1C.CC1CCCN(C(=O)OC(C)(C)C)C1C.CC1CCCNC1C.ClCCl. The number of alkyl halides is 2. The maximum absolute atomic E-state index is 12.1. The molecule has 2 aromatic carbocycles. The fourth-order valence-corrected chi connectivity index (χ4v) is 9.71. The number of imide groups is 1. The number of Topliss-reactive ketones (excluding diaryl/α,β-unsaturated/α-hetero) is 1. The first-order valence-electron chi connectivity index (χ1n) is 33.6. The van der Waals surface area contributed by atoms with Crippen molar-refractivity contribution in [3.63, 3.8) is 0 Å². The molecule has 2 aromatic rings. The van der Waals surface area contributed by atoms with E-state index in [1.165, 1.54) is 49.1 Å². The first-order valence-corrected chi connectivity index (χ1v) is 34.7. The topological polar surface area (TPSA) is 217 Å². The van der Waals surface area contributed by atoms with Gasteiger partial charge in [0.1, 0.15) is 28.0 Å². The van der Waals surface area contributed by atoms with E-state index < -0.39 is 52.5 Å². The van der Waals surface area contributed by atoms with Crippen LogP contribution in [0.3, 0.4) is 0 Å². The number of ketones is 1. The second-order valence-electron chi connectivity index (χ2n) is 30.2. The molecule has 18 nitrogen and oxygen atoms in total. The lowest BCUT2D eigenvalue weighted by atomic mass is 9.87. The number of carbonyl (C=O) groups excluding carboxylic acids is 7. The van der Waals surface area contributed by atoms with Crippen molar-refractivity contribution >= 4 is 65.5 Å². The van der Waals surface area contributed by atoms with Gasteiger partial charge in [0.15, 0.2) is 5.78 Å².